The van der Waals surface area contributed by atoms with E-state index < -0.39 is 0 Å². The molecule has 3 rings (SSSR count). The highest BCUT2D eigenvalue weighted by atomic mass is 32.2. The summed E-state index contributed by atoms with van der Waals surface area (Å²) in [6.45, 7) is 4.70. The van der Waals surface area contributed by atoms with Crippen LogP contribution in [0, 0.1) is 0 Å². The van der Waals surface area contributed by atoms with Gasteiger partial charge in [-0.3, -0.25) is 9.59 Å². The van der Waals surface area contributed by atoms with Crippen LogP contribution >= 0.6 is 11.8 Å². The summed E-state index contributed by atoms with van der Waals surface area (Å²) in [7, 11) is 0. The minimum atomic E-state index is -0.125. The summed E-state index contributed by atoms with van der Waals surface area (Å²) >= 11 is 1.56. The van der Waals surface area contributed by atoms with Gasteiger partial charge in [0.1, 0.15) is 12.6 Å². The van der Waals surface area contributed by atoms with Gasteiger partial charge >= 0.3 is 0 Å². The number of morpholine rings is 1. The van der Waals surface area contributed by atoms with Gasteiger partial charge in [0.25, 0.3) is 0 Å². The molecule has 2 amide bonds. The van der Waals surface area contributed by atoms with E-state index in [4.69, 9.17) is 4.74 Å². The lowest BCUT2D eigenvalue weighted by atomic mass is 9.98. The molecule has 0 N–H and O–H groups in total. The van der Waals surface area contributed by atoms with E-state index in [-0.39, 0.29) is 36.5 Å². The molecule has 5 nitrogen and oxygen atoms in total. The van der Waals surface area contributed by atoms with Gasteiger partial charge in [-0.25, -0.2) is 0 Å². The molecule has 0 aliphatic carbocycles. The van der Waals surface area contributed by atoms with Crippen LogP contribution in [0.25, 0.3) is 0 Å². The predicted octanol–water partition coefficient (Wildman–Crippen LogP) is 1.90. The lowest BCUT2D eigenvalue weighted by Crippen LogP contribution is -2.56. The summed E-state index contributed by atoms with van der Waals surface area (Å²) < 4.78 is 5.98. The van der Waals surface area contributed by atoms with Gasteiger partial charge in [-0.15, -0.1) is 11.8 Å². The van der Waals surface area contributed by atoms with Crippen LogP contribution in [0.15, 0.2) is 30.3 Å². The molecule has 1 aromatic carbocycles. The lowest BCUT2D eigenvalue weighted by molar-refractivity contribution is -0.155. The summed E-state index contributed by atoms with van der Waals surface area (Å²) in [6, 6.07) is 9.95. The average Bonchev–Trinajstić information content (AvgIpc) is 2.93. The van der Waals surface area contributed by atoms with Gasteiger partial charge in [-0.2, -0.15) is 0 Å². The topological polar surface area (TPSA) is 49.9 Å². The van der Waals surface area contributed by atoms with Gasteiger partial charge in [-0.05, 0) is 19.4 Å². The maximum absolute atomic E-state index is 12.8. The fraction of sp³-hybridized carbons (Fsp3) is 0.529. The zero-order valence-corrected chi connectivity index (χ0v) is 14.3. The molecule has 124 valence electrons. The zero-order chi connectivity index (χ0) is 16.4. The molecule has 0 radical (unpaired) electrons. The van der Waals surface area contributed by atoms with Gasteiger partial charge < -0.3 is 14.5 Å². The molecule has 0 bridgehead atoms. The first-order valence-corrected chi connectivity index (χ1v) is 9.06. The summed E-state index contributed by atoms with van der Waals surface area (Å²) in [5, 5.41) is 0. The van der Waals surface area contributed by atoms with Gasteiger partial charge in [0, 0.05) is 0 Å². The third kappa shape index (κ3) is 3.38. The second-order valence-electron chi connectivity index (χ2n) is 6.12. The average molecular weight is 334 g/mol. The van der Waals surface area contributed by atoms with Crippen molar-refractivity contribution in [1.29, 1.82) is 0 Å². The van der Waals surface area contributed by atoms with Crippen molar-refractivity contribution in [3.8, 4) is 0 Å². The Kier molecular flexibility index (Phi) is 4.92. The number of hydrogen-bond acceptors (Lipinski definition) is 4. The maximum atomic E-state index is 12.8. The number of thioether (sulfide) groups is 1. The van der Waals surface area contributed by atoms with Crippen LogP contribution in [0.1, 0.15) is 25.5 Å². The van der Waals surface area contributed by atoms with E-state index in [0.29, 0.717) is 18.2 Å². The normalized spacial score (nSPS) is 28.3. The first kappa shape index (κ1) is 16.3. The van der Waals surface area contributed by atoms with Crippen LogP contribution in [0.3, 0.4) is 0 Å². The molecule has 2 aliphatic heterocycles. The van der Waals surface area contributed by atoms with Crippen molar-refractivity contribution in [2.24, 2.45) is 0 Å². The van der Waals surface area contributed by atoms with Gasteiger partial charge in [-0.1, -0.05) is 30.3 Å². The van der Waals surface area contributed by atoms with E-state index in [9.17, 15) is 9.59 Å². The van der Waals surface area contributed by atoms with Crippen molar-refractivity contribution < 1.29 is 14.3 Å². The molecule has 0 aromatic heterocycles. The van der Waals surface area contributed by atoms with Crippen molar-refractivity contribution in [1.82, 2.24) is 9.80 Å². The molecule has 1 aromatic rings. The van der Waals surface area contributed by atoms with E-state index in [1.165, 1.54) is 0 Å². The highest BCUT2D eigenvalue weighted by Gasteiger charge is 2.38. The molecule has 0 unspecified atom stereocenters. The number of carbonyl (C=O) groups is 2. The van der Waals surface area contributed by atoms with Gasteiger partial charge in [0.2, 0.25) is 11.8 Å². The Morgan fingerprint density at radius 3 is 2.70 bits per heavy atom. The number of rotatable bonds is 3. The van der Waals surface area contributed by atoms with Crippen LogP contribution < -0.4 is 0 Å². The number of nitrogens with zero attached hydrogens (tertiary/aromatic N) is 2. The van der Waals surface area contributed by atoms with Crippen LogP contribution in [0.5, 0.6) is 0 Å². The molecular weight excluding hydrogens is 312 g/mol. The second kappa shape index (κ2) is 6.93. The molecule has 3 atom stereocenters. The first-order chi connectivity index (χ1) is 11.1. The van der Waals surface area contributed by atoms with Crippen molar-refractivity contribution >= 4 is 23.6 Å². The predicted molar refractivity (Wildman–Crippen MR) is 89.9 cm³/mol. The van der Waals surface area contributed by atoms with Crippen LogP contribution in [0.4, 0.5) is 0 Å². The molecule has 2 saturated heterocycles. The molecule has 2 heterocycles. The number of hydrogen-bond donors (Lipinski definition) is 0. The Morgan fingerprint density at radius 2 is 2.04 bits per heavy atom. The molecule has 0 saturated carbocycles. The van der Waals surface area contributed by atoms with E-state index in [1.54, 1.807) is 16.7 Å². The van der Waals surface area contributed by atoms with Crippen LogP contribution in [-0.4, -0.2) is 58.5 Å². The Morgan fingerprint density at radius 1 is 1.30 bits per heavy atom. The standard InChI is InChI=1S/C17H22N2O3S/c1-12-9-22-17(14-6-4-3-5-7-14)13(2)19(12)15(20)8-18-11-23-10-16(18)21/h3-7,12-13,17H,8-11H2,1-2H3/t12-,13+,17+/m1/s1. The fourth-order valence-electron chi connectivity index (χ4n) is 3.29. The van der Waals surface area contributed by atoms with Crippen molar-refractivity contribution in [2.75, 3.05) is 24.8 Å². The number of benzene rings is 1. The largest absolute Gasteiger partial charge is 0.369 e. The molecule has 23 heavy (non-hydrogen) atoms. The summed E-state index contributed by atoms with van der Waals surface area (Å²) in [4.78, 5) is 28.0. The maximum Gasteiger partial charge on any atom is 0.242 e. The fourth-order valence-corrected chi connectivity index (χ4v) is 4.19. The monoisotopic (exact) mass is 334 g/mol. The van der Waals surface area contributed by atoms with E-state index in [2.05, 4.69) is 0 Å². The van der Waals surface area contributed by atoms with Crippen LogP contribution in [-0.2, 0) is 14.3 Å². The Hall–Kier alpha value is -1.53. The first-order valence-electron chi connectivity index (χ1n) is 7.91. The number of ether oxygens (including phenoxy) is 1. The SMILES string of the molecule is C[C@@H]1CO[C@H](c2ccccc2)[C@H](C)N1C(=O)CN1CSCC1=O. The Bertz CT molecular complexity index is 580. The van der Waals surface area contributed by atoms with E-state index in [1.807, 2.05) is 49.1 Å². The lowest BCUT2D eigenvalue weighted by Gasteiger charge is -2.44. The molecular formula is C17H22N2O3S. The Balaban J connectivity index is 1.74. The van der Waals surface area contributed by atoms with Gasteiger partial charge in [0.15, 0.2) is 0 Å². The number of amides is 2. The minimum Gasteiger partial charge on any atom is -0.369 e. The van der Waals surface area contributed by atoms with E-state index in [0.717, 1.165) is 5.56 Å². The van der Waals surface area contributed by atoms with Crippen molar-refractivity contribution in [3.05, 3.63) is 35.9 Å². The summed E-state index contributed by atoms with van der Waals surface area (Å²) in [5.41, 5.74) is 1.08. The molecule has 0 spiro atoms. The van der Waals surface area contributed by atoms with Crippen molar-refractivity contribution in [2.45, 2.75) is 32.0 Å². The van der Waals surface area contributed by atoms with Crippen molar-refractivity contribution in [3.63, 3.8) is 0 Å². The number of carbonyl (C=O) groups excluding carboxylic acids is 2. The highest BCUT2D eigenvalue weighted by molar-refractivity contribution is 8.00. The highest BCUT2D eigenvalue weighted by Crippen LogP contribution is 2.31. The quantitative estimate of drug-likeness (QED) is 0.847. The third-order valence-electron chi connectivity index (χ3n) is 4.44. The molecule has 2 aliphatic rings. The van der Waals surface area contributed by atoms with E-state index >= 15 is 0 Å². The molecule has 2 fully saturated rings. The van der Waals surface area contributed by atoms with Crippen LogP contribution in [0.2, 0.25) is 0 Å². The Labute approximate surface area is 141 Å². The summed E-state index contributed by atoms with van der Waals surface area (Å²) in [5.74, 6) is 1.15. The minimum absolute atomic E-state index is 0.00470. The molecule has 6 heteroatoms. The third-order valence-corrected chi connectivity index (χ3v) is 5.38. The van der Waals surface area contributed by atoms with Gasteiger partial charge in [0.05, 0.1) is 30.3 Å². The summed E-state index contributed by atoms with van der Waals surface area (Å²) in [6.07, 6.45) is -0.125. The smallest absolute Gasteiger partial charge is 0.242 e. The zero-order valence-electron chi connectivity index (χ0n) is 13.5. The second-order valence-corrected chi connectivity index (χ2v) is 7.08.